The standard InChI is InChI=1S/C14H22N2O2/c1-12(2)15-10-6-9-14(17)16-18-11-13-7-4-3-5-8-13/h3-5,7-8,12,15H,6,9-11H2,1-2H3,(H,16,17). The van der Waals surface area contributed by atoms with Gasteiger partial charge in [-0.2, -0.15) is 0 Å². The van der Waals surface area contributed by atoms with Crippen molar-refractivity contribution in [2.24, 2.45) is 0 Å². The monoisotopic (exact) mass is 250 g/mol. The molecule has 18 heavy (non-hydrogen) atoms. The zero-order chi connectivity index (χ0) is 13.2. The van der Waals surface area contributed by atoms with Crippen molar-refractivity contribution >= 4 is 5.91 Å². The van der Waals surface area contributed by atoms with E-state index in [0.29, 0.717) is 19.1 Å². The molecule has 4 heteroatoms. The minimum absolute atomic E-state index is 0.0727. The predicted octanol–water partition coefficient (Wildman–Crippen LogP) is 2.01. The highest BCUT2D eigenvalue weighted by Gasteiger charge is 2.01. The SMILES string of the molecule is CC(C)NCCCC(=O)NOCc1ccccc1. The Morgan fingerprint density at radius 1 is 1.28 bits per heavy atom. The molecule has 0 atom stereocenters. The van der Waals surface area contributed by atoms with Gasteiger partial charge in [0.2, 0.25) is 5.91 Å². The first-order chi connectivity index (χ1) is 8.68. The van der Waals surface area contributed by atoms with E-state index in [1.54, 1.807) is 0 Å². The zero-order valence-electron chi connectivity index (χ0n) is 11.1. The van der Waals surface area contributed by atoms with Gasteiger partial charge in [0, 0.05) is 12.5 Å². The normalized spacial score (nSPS) is 10.6. The molecular weight excluding hydrogens is 228 g/mol. The van der Waals surface area contributed by atoms with Gasteiger partial charge in [-0.1, -0.05) is 44.2 Å². The zero-order valence-corrected chi connectivity index (χ0v) is 11.1. The van der Waals surface area contributed by atoms with Crippen LogP contribution < -0.4 is 10.8 Å². The lowest BCUT2D eigenvalue weighted by Crippen LogP contribution is -2.27. The molecule has 0 spiro atoms. The lowest BCUT2D eigenvalue weighted by atomic mass is 10.2. The number of benzene rings is 1. The fourth-order valence-corrected chi connectivity index (χ4v) is 1.46. The van der Waals surface area contributed by atoms with Gasteiger partial charge >= 0.3 is 0 Å². The van der Waals surface area contributed by atoms with Gasteiger partial charge in [0.1, 0.15) is 0 Å². The van der Waals surface area contributed by atoms with Gasteiger partial charge in [-0.25, -0.2) is 5.48 Å². The summed E-state index contributed by atoms with van der Waals surface area (Å²) in [6.07, 6.45) is 1.30. The molecule has 0 bridgehead atoms. The van der Waals surface area contributed by atoms with Crippen molar-refractivity contribution in [2.75, 3.05) is 6.54 Å². The number of amides is 1. The van der Waals surface area contributed by atoms with Crippen LogP contribution in [0, 0.1) is 0 Å². The first-order valence-corrected chi connectivity index (χ1v) is 6.36. The molecule has 0 fully saturated rings. The molecule has 0 unspecified atom stereocenters. The van der Waals surface area contributed by atoms with Crippen molar-refractivity contribution in [1.82, 2.24) is 10.8 Å². The highest BCUT2D eigenvalue weighted by atomic mass is 16.6. The molecule has 1 aromatic rings. The lowest BCUT2D eigenvalue weighted by Gasteiger charge is -2.08. The third kappa shape index (κ3) is 7.04. The highest BCUT2D eigenvalue weighted by molar-refractivity contribution is 5.74. The van der Waals surface area contributed by atoms with Gasteiger partial charge in [-0.3, -0.25) is 9.63 Å². The van der Waals surface area contributed by atoms with E-state index >= 15 is 0 Å². The van der Waals surface area contributed by atoms with E-state index in [9.17, 15) is 4.79 Å². The van der Waals surface area contributed by atoms with Crippen LogP contribution in [0.1, 0.15) is 32.3 Å². The maximum absolute atomic E-state index is 11.4. The quantitative estimate of drug-likeness (QED) is 0.548. The number of rotatable bonds is 8. The number of hydroxylamine groups is 1. The summed E-state index contributed by atoms with van der Waals surface area (Å²) in [5.74, 6) is -0.0727. The molecule has 100 valence electrons. The number of nitrogens with one attached hydrogen (secondary N) is 2. The molecule has 0 saturated carbocycles. The smallest absolute Gasteiger partial charge is 0.243 e. The Kier molecular flexibility index (Phi) is 7.06. The van der Waals surface area contributed by atoms with E-state index < -0.39 is 0 Å². The molecule has 1 amide bonds. The van der Waals surface area contributed by atoms with Crippen LogP contribution in [-0.4, -0.2) is 18.5 Å². The van der Waals surface area contributed by atoms with E-state index in [-0.39, 0.29) is 5.91 Å². The number of carbonyl (C=O) groups excluding carboxylic acids is 1. The van der Waals surface area contributed by atoms with Gasteiger partial charge in [0.25, 0.3) is 0 Å². The van der Waals surface area contributed by atoms with E-state index in [0.717, 1.165) is 18.5 Å². The summed E-state index contributed by atoms with van der Waals surface area (Å²) in [7, 11) is 0. The molecule has 0 aliphatic rings. The summed E-state index contributed by atoms with van der Waals surface area (Å²) in [5.41, 5.74) is 3.49. The average molecular weight is 250 g/mol. The van der Waals surface area contributed by atoms with Gasteiger partial charge in [0.15, 0.2) is 0 Å². The first kappa shape index (κ1) is 14.7. The predicted molar refractivity (Wildman–Crippen MR) is 71.7 cm³/mol. The fraction of sp³-hybridized carbons (Fsp3) is 0.500. The van der Waals surface area contributed by atoms with Crippen LogP contribution in [0.2, 0.25) is 0 Å². The van der Waals surface area contributed by atoms with Crippen molar-refractivity contribution in [3.8, 4) is 0 Å². The van der Waals surface area contributed by atoms with Crippen LogP contribution in [0.25, 0.3) is 0 Å². The Morgan fingerprint density at radius 3 is 2.67 bits per heavy atom. The van der Waals surface area contributed by atoms with Gasteiger partial charge in [-0.15, -0.1) is 0 Å². The molecule has 0 radical (unpaired) electrons. The first-order valence-electron chi connectivity index (χ1n) is 6.36. The summed E-state index contributed by atoms with van der Waals surface area (Å²) in [6, 6.07) is 10.2. The Hall–Kier alpha value is -1.39. The molecule has 1 aromatic carbocycles. The molecule has 0 aliphatic carbocycles. The Balaban J connectivity index is 2.03. The summed E-state index contributed by atoms with van der Waals surface area (Å²) < 4.78 is 0. The van der Waals surface area contributed by atoms with Crippen LogP contribution in [0.4, 0.5) is 0 Å². The van der Waals surface area contributed by atoms with Crippen molar-refractivity contribution in [1.29, 1.82) is 0 Å². The summed E-state index contributed by atoms with van der Waals surface area (Å²) >= 11 is 0. The van der Waals surface area contributed by atoms with Gasteiger partial charge in [-0.05, 0) is 18.5 Å². The van der Waals surface area contributed by atoms with Gasteiger partial charge < -0.3 is 5.32 Å². The van der Waals surface area contributed by atoms with Crippen LogP contribution in [-0.2, 0) is 16.2 Å². The fourth-order valence-electron chi connectivity index (χ4n) is 1.46. The molecule has 2 N–H and O–H groups in total. The summed E-state index contributed by atoms with van der Waals surface area (Å²) in [6.45, 7) is 5.42. The number of hydrogen-bond donors (Lipinski definition) is 2. The largest absolute Gasteiger partial charge is 0.315 e. The Morgan fingerprint density at radius 2 is 2.00 bits per heavy atom. The molecule has 0 aromatic heterocycles. The van der Waals surface area contributed by atoms with E-state index in [1.807, 2.05) is 30.3 Å². The number of hydrogen-bond acceptors (Lipinski definition) is 3. The van der Waals surface area contributed by atoms with Crippen LogP contribution in [0.5, 0.6) is 0 Å². The minimum atomic E-state index is -0.0727. The molecule has 0 heterocycles. The molecule has 4 nitrogen and oxygen atoms in total. The second kappa shape index (κ2) is 8.66. The minimum Gasteiger partial charge on any atom is -0.315 e. The second-order valence-electron chi connectivity index (χ2n) is 4.51. The van der Waals surface area contributed by atoms with Crippen LogP contribution in [0.3, 0.4) is 0 Å². The summed E-state index contributed by atoms with van der Waals surface area (Å²) in [4.78, 5) is 16.6. The van der Waals surface area contributed by atoms with Crippen molar-refractivity contribution < 1.29 is 9.63 Å². The van der Waals surface area contributed by atoms with Crippen LogP contribution >= 0.6 is 0 Å². The van der Waals surface area contributed by atoms with Crippen molar-refractivity contribution in [3.63, 3.8) is 0 Å². The Bertz CT molecular complexity index is 339. The lowest BCUT2D eigenvalue weighted by molar-refractivity contribution is -0.134. The maximum Gasteiger partial charge on any atom is 0.243 e. The van der Waals surface area contributed by atoms with Crippen molar-refractivity contribution in [2.45, 2.75) is 39.3 Å². The molecule has 0 aliphatic heterocycles. The van der Waals surface area contributed by atoms with E-state index in [1.165, 1.54) is 0 Å². The van der Waals surface area contributed by atoms with Crippen molar-refractivity contribution in [3.05, 3.63) is 35.9 Å². The third-order valence-electron chi connectivity index (χ3n) is 2.40. The molecule has 1 rings (SSSR count). The highest BCUT2D eigenvalue weighted by Crippen LogP contribution is 1.99. The van der Waals surface area contributed by atoms with E-state index in [4.69, 9.17) is 4.84 Å². The Labute approximate surface area is 109 Å². The second-order valence-corrected chi connectivity index (χ2v) is 4.51. The third-order valence-corrected chi connectivity index (χ3v) is 2.40. The number of carbonyl (C=O) groups is 1. The molecule has 0 saturated heterocycles. The average Bonchev–Trinajstić information content (AvgIpc) is 2.36. The van der Waals surface area contributed by atoms with E-state index in [2.05, 4.69) is 24.6 Å². The van der Waals surface area contributed by atoms with Gasteiger partial charge in [0.05, 0.1) is 6.61 Å². The molecular formula is C14H22N2O2. The summed E-state index contributed by atoms with van der Waals surface area (Å²) in [5, 5.41) is 3.26. The van der Waals surface area contributed by atoms with Crippen LogP contribution in [0.15, 0.2) is 30.3 Å². The maximum atomic E-state index is 11.4. The topological polar surface area (TPSA) is 50.4 Å².